The molecule has 2 fully saturated rings. The van der Waals surface area contributed by atoms with Crippen molar-refractivity contribution in [2.75, 3.05) is 31.6 Å². The zero-order chi connectivity index (χ0) is 23.2. The van der Waals surface area contributed by atoms with Gasteiger partial charge in [-0.2, -0.15) is 5.26 Å². The van der Waals surface area contributed by atoms with Crippen LogP contribution >= 0.6 is 0 Å². The van der Waals surface area contributed by atoms with Gasteiger partial charge in [-0.1, -0.05) is 0 Å². The van der Waals surface area contributed by atoms with Gasteiger partial charge in [0.25, 0.3) is 5.88 Å². The Morgan fingerprint density at radius 2 is 1.88 bits per heavy atom. The number of nitriles is 1. The maximum atomic E-state index is 12.7. The van der Waals surface area contributed by atoms with E-state index in [1.807, 2.05) is 30.3 Å². The molecule has 1 aromatic carbocycles. The highest BCUT2D eigenvalue weighted by atomic mass is 16.5. The molecule has 1 saturated carbocycles. The summed E-state index contributed by atoms with van der Waals surface area (Å²) in [5, 5.41) is 12.2. The van der Waals surface area contributed by atoms with Gasteiger partial charge in [0.15, 0.2) is 0 Å². The van der Waals surface area contributed by atoms with Gasteiger partial charge in [0, 0.05) is 37.2 Å². The summed E-state index contributed by atoms with van der Waals surface area (Å²) in [4.78, 5) is 36.6. The summed E-state index contributed by atoms with van der Waals surface area (Å²) in [5.74, 6) is 0.815. The zero-order valence-electron chi connectivity index (χ0n) is 18.4. The lowest BCUT2D eigenvalue weighted by Gasteiger charge is -2.29. The van der Waals surface area contributed by atoms with Crippen molar-refractivity contribution in [1.82, 2.24) is 20.2 Å². The molecule has 1 aliphatic heterocycles. The van der Waals surface area contributed by atoms with E-state index in [2.05, 4.69) is 15.3 Å². The van der Waals surface area contributed by atoms with Gasteiger partial charge in [-0.25, -0.2) is 14.8 Å². The number of carbonyl (C=O) groups excluding carboxylic acids is 2. The topological polar surface area (TPSA) is 121 Å². The van der Waals surface area contributed by atoms with Gasteiger partial charge in [0.2, 0.25) is 11.6 Å². The Balaban J connectivity index is 1.23. The number of nitrogens with one attached hydrogen (secondary N) is 1. The first kappa shape index (κ1) is 22.3. The lowest BCUT2D eigenvalue weighted by atomic mass is 9.93. The maximum Gasteiger partial charge on any atom is 0.325 e. The highest BCUT2D eigenvalue weighted by molar-refractivity contribution is 5.96. The van der Waals surface area contributed by atoms with Crippen molar-refractivity contribution in [3.8, 4) is 17.7 Å². The lowest BCUT2D eigenvalue weighted by Crippen LogP contribution is -2.45. The summed E-state index contributed by atoms with van der Waals surface area (Å²) in [7, 11) is 1.60. The van der Waals surface area contributed by atoms with Crippen LogP contribution in [0.25, 0.3) is 0 Å². The Hall–Kier alpha value is -3.87. The molecule has 1 N–H and O–H groups in total. The predicted octanol–water partition coefficient (Wildman–Crippen LogP) is 2.11. The second-order valence-corrected chi connectivity index (χ2v) is 8.03. The number of urea groups is 1. The summed E-state index contributed by atoms with van der Waals surface area (Å²) in [6.07, 6.45) is 5.87. The van der Waals surface area contributed by atoms with Crippen LogP contribution in [0.2, 0.25) is 0 Å². The van der Waals surface area contributed by atoms with Gasteiger partial charge in [-0.15, -0.1) is 0 Å². The number of hydrogen-bond donors (Lipinski definition) is 1. The molecule has 1 saturated heterocycles. The van der Waals surface area contributed by atoms with E-state index in [9.17, 15) is 9.59 Å². The number of aromatic nitrogens is 2. The average Bonchev–Trinajstić information content (AvgIpc) is 3.20. The van der Waals surface area contributed by atoms with Crippen LogP contribution in [0, 0.1) is 11.3 Å². The van der Waals surface area contributed by atoms with Gasteiger partial charge in [-0.3, -0.25) is 9.69 Å². The van der Waals surface area contributed by atoms with Gasteiger partial charge >= 0.3 is 6.03 Å². The van der Waals surface area contributed by atoms with Crippen molar-refractivity contribution in [3.63, 3.8) is 0 Å². The molecule has 2 aromatic rings. The van der Waals surface area contributed by atoms with Crippen LogP contribution in [0.15, 0.2) is 36.7 Å². The number of carbonyl (C=O) groups is 2. The third kappa shape index (κ3) is 5.31. The van der Waals surface area contributed by atoms with Crippen LogP contribution < -0.4 is 19.7 Å². The van der Waals surface area contributed by atoms with Crippen LogP contribution in [0.3, 0.4) is 0 Å². The molecule has 1 aliphatic carbocycles. The van der Waals surface area contributed by atoms with E-state index in [4.69, 9.17) is 14.7 Å². The number of hydrogen-bond acceptors (Lipinski definition) is 7. The largest absolute Gasteiger partial charge is 0.497 e. The number of amides is 3. The van der Waals surface area contributed by atoms with Crippen molar-refractivity contribution in [2.45, 2.75) is 37.8 Å². The molecular formula is C23H26N6O4. The minimum Gasteiger partial charge on any atom is -0.497 e. The monoisotopic (exact) mass is 450 g/mol. The molecule has 1 aromatic heterocycles. The van der Waals surface area contributed by atoms with Crippen molar-refractivity contribution in [3.05, 3.63) is 42.4 Å². The van der Waals surface area contributed by atoms with E-state index < -0.39 is 0 Å². The highest BCUT2D eigenvalue weighted by Gasteiger charge is 2.32. The number of anilines is 1. The van der Waals surface area contributed by atoms with Gasteiger partial charge in [0.1, 0.15) is 24.5 Å². The highest BCUT2D eigenvalue weighted by Crippen LogP contribution is 2.25. The van der Waals surface area contributed by atoms with E-state index >= 15 is 0 Å². The molecule has 0 atom stereocenters. The Bertz CT molecular complexity index is 1030. The number of nitrogens with zero attached hydrogens (tertiary/aromatic N) is 5. The average molecular weight is 450 g/mol. The fraction of sp³-hybridized carbons (Fsp3) is 0.435. The molecule has 2 heterocycles. The molecule has 172 valence electrons. The summed E-state index contributed by atoms with van der Waals surface area (Å²) in [5.41, 5.74) is 0.955. The van der Waals surface area contributed by atoms with E-state index in [0.29, 0.717) is 13.1 Å². The van der Waals surface area contributed by atoms with E-state index in [1.54, 1.807) is 16.9 Å². The fourth-order valence-corrected chi connectivity index (χ4v) is 4.15. The minimum absolute atomic E-state index is 0.0324. The smallest absolute Gasteiger partial charge is 0.325 e. The minimum atomic E-state index is -0.176. The fourth-order valence-electron chi connectivity index (χ4n) is 4.15. The zero-order valence-corrected chi connectivity index (χ0v) is 18.4. The normalized spacial score (nSPS) is 20.3. The van der Waals surface area contributed by atoms with Crippen LogP contribution in [-0.2, 0) is 4.79 Å². The molecule has 0 radical (unpaired) electrons. The van der Waals surface area contributed by atoms with Crippen LogP contribution in [0.5, 0.6) is 11.6 Å². The number of methoxy groups -OCH3 is 1. The summed E-state index contributed by atoms with van der Waals surface area (Å²) in [6, 6.07) is 9.12. The third-order valence-corrected chi connectivity index (χ3v) is 5.90. The number of benzene rings is 1. The lowest BCUT2D eigenvalue weighted by molar-refractivity contribution is -0.122. The maximum absolute atomic E-state index is 12.7. The molecule has 2 aliphatic rings. The summed E-state index contributed by atoms with van der Waals surface area (Å²) in [6.45, 7) is 1.07. The quantitative estimate of drug-likeness (QED) is 0.686. The number of rotatable bonds is 7. The molecular weight excluding hydrogens is 424 g/mol. The molecule has 10 heteroatoms. The molecule has 0 spiro atoms. The molecule has 4 rings (SSSR count). The standard InChI is InChI=1S/C23H26N6O4/c1-32-18-8-4-17(5-9-18)29-13-12-28(23(29)31)15-21(30)27-16-2-6-19(7-3-16)33-22-20(14-24)25-10-11-26-22/h4-5,8-11,16,19H,2-3,6-7,12-13,15H2,1H3,(H,27,30). The Labute approximate surface area is 192 Å². The van der Waals surface area contributed by atoms with E-state index in [1.165, 1.54) is 12.4 Å². The molecule has 0 bridgehead atoms. The predicted molar refractivity (Wildman–Crippen MR) is 119 cm³/mol. The van der Waals surface area contributed by atoms with E-state index in [-0.39, 0.29) is 42.2 Å². The second kappa shape index (κ2) is 10.2. The first-order valence-corrected chi connectivity index (χ1v) is 10.9. The van der Waals surface area contributed by atoms with Gasteiger partial charge < -0.3 is 19.7 Å². The summed E-state index contributed by atoms with van der Waals surface area (Å²) >= 11 is 0. The van der Waals surface area contributed by atoms with Crippen LogP contribution in [0.4, 0.5) is 10.5 Å². The van der Waals surface area contributed by atoms with E-state index in [0.717, 1.165) is 37.1 Å². The molecule has 3 amide bonds. The number of ether oxygens (including phenoxy) is 2. The van der Waals surface area contributed by atoms with Crippen molar-refractivity contribution in [1.29, 1.82) is 5.26 Å². The first-order valence-electron chi connectivity index (χ1n) is 10.9. The third-order valence-electron chi connectivity index (χ3n) is 5.90. The van der Waals surface area contributed by atoms with Crippen LogP contribution in [-0.4, -0.2) is 65.7 Å². The van der Waals surface area contributed by atoms with Crippen molar-refractivity contribution >= 4 is 17.6 Å². The molecule has 10 nitrogen and oxygen atoms in total. The summed E-state index contributed by atoms with van der Waals surface area (Å²) < 4.78 is 11.0. The molecule has 0 unspecified atom stereocenters. The Kier molecular flexibility index (Phi) is 6.88. The Morgan fingerprint density at radius 1 is 1.15 bits per heavy atom. The molecule has 33 heavy (non-hydrogen) atoms. The van der Waals surface area contributed by atoms with Crippen LogP contribution in [0.1, 0.15) is 31.4 Å². The first-order chi connectivity index (χ1) is 16.1. The SMILES string of the molecule is COc1ccc(N2CCN(CC(=O)NC3CCC(Oc4nccnc4C#N)CC3)C2=O)cc1. The second-order valence-electron chi connectivity index (χ2n) is 8.03. The van der Waals surface area contributed by atoms with Gasteiger partial charge in [0.05, 0.1) is 7.11 Å². The van der Waals surface area contributed by atoms with Crippen molar-refractivity contribution in [2.24, 2.45) is 0 Å². The Morgan fingerprint density at radius 3 is 2.58 bits per heavy atom. The van der Waals surface area contributed by atoms with Gasteiger partial charge in [-0.05, 0) is 49.9 Å². The van der Waals surface area contributed by atoms with Crippen molar-refractivity contribution < 1.29 is 19.1 Å².